The second-order valence-corrected chi connectivity index (χ2v) is 6.63. The molecule has 0 bridgehead atoms. The fourth-order valence-corrected chi connectivity index (χ4v) is 1.67. The Morgan fingerprint density at radius 2 is 2.06 bits per heavy atom. The van der Waals surface area contributed by atoms with Gasteiger partial charge in [0.05, 0.1) is 10.6 Å². The third kappa shape index (κ3) is 3.78. The molecule has 1 atom stereocenters. The first-order chi connectivity index (χ1) is 8.21. The summed E-state index contributed by atoms with van der Waals surface area (Å²) in [6.07, 6.45) is 2.63. The Morgan fingerprint density at radius 1 is 1.44 bits per heavy atom. The average molecular weight is 269 g/mol. The number of hydrogen-bond acceptors (Lipinski definition) is 5. The lowest BCUT2D eigenvalue weighted by atomic mass is 10.2. The van der Waals surface area contributed by atoms with Crippen molar-refractivity contribution >= 4 is 22.8 Å². The summed E-state index contributed by atoms with van der Waals surface area (Å²) in [4.78, 5) is 13.9. The molecule has 0 spiro atoms. The maximum Gasteiger partial charge on any atom is 0.288 e. The van der Waals surface area contributed by atoms with Crippen molar-refractivity contribution in [1.29, 1.82) is 0 Å². The highest BCUT2D eigenvalue weighted by atomic mass is 32.2. The van der Waals surface area contributed by atoms with Gasteiger partial charge < -0.3 is 4.55 Å². The Bertz CT molecular complexity index is 483. The van der Waals surface area contributed by atoms with Gasteiger partial charge in [-0.1, -0.05) is 4.40 Å². The molecule has 0 radical (unpaired) electrons. The lowest BCUT2D eigenvalue weighted by Crippen LogP contribution is -2.26. The second-order valence-electron chi connectivity index (χ2n) is 4.73. The monoisotopic (exact) mass is 269 g/mol. The largest absolute Gasteiger partial charge is 0.591 e. The molecule has 98 valence electrons. The number of pyridine rings is 1. The van der Waals surface area contributed by atoms with E-state index in [0.29, 0.717) is 11.3 Å². The molecule has 0 aliphatic heterocycles. The zero-order valence-corrected chi connectivity index (χ0v) is 11.5. The van der Waals surface area contributed by atoms with Gasteiger partial charge in [-0.3, -0.25) is 15.1 Å². The first kappa shape index (κ1) is 14.6. The number of nitro groups is 1. The molecule has 1 aromatic heterocycles. The summed E-state index contributed by atoms with van der Waals surface area (Å²) < 4.78 is 15.4. The van der Waals surface area contributed by atoms with Crippen molar-refractivity contribution in [3.8, 4) is 0 Å². The molecule has 1 unspecified atom stereocenters. The molecular formula is C11H15N3O3S. The van der Waals surface area contributed by atoms with Gasteiger partial charge in [0.1, 0.15) is 22.3 Å². The van der Waals surface area contributed by atoms with Crippen LogP contribution in [0.5, 0.6) is 0 Å². The fourth-order valence-electron chi connectivity index (χ4n) is 1.04. The summed E-state index contributed by atoms with van der Waals surface area (Å²) in [6.45, 7) is 7.09. The van der Waals surface area contributed by atoms with Crippen LogP contribution in [0, 0.1) is 10.1 Å². The zero-order chi connectivity index (χ0) is 13.9. The third-order valence-electron chi connectivity index (χ3n) is 2.10. The number of aromatic nitrogens is 1. The van der Waals surface area contributed by atoms with Crippen LogP contribution in [0.15, 0.2) is 22.9 Å². The minimum atomic E-state index is -1.39. The number of rotatable bonds is 3. The van der Waals surface area contributed by atoms with Crippen molar-refractivity contribution in [2.24, 2.45) is 4.40 Å². The molecule has 6 nitrogen and oxygen atoms in total. The molecule has 0 aromatic carbocycles. The van der Waals surface area contributed by atoms with E-state index in [1.165, 1.54) is 12.3 Å². The molecule has 0 saturated heterocycles. The Kier molecular flexibility index (Phi) is 4.42. The first-order valence-corrected chi connectivity index (χ1v) is 6.39. The van der Waals surface area contributed by atoms with Crippen molar-refractivity contribution < 1.29 is 9.48 Å². The minimum Gasteiger partial charge on any atom is -0.591 e. The lowest BCUT2D eigenvalue weighted by molar-refractivity contribution is -0.385. The predicted molar refractivity (Wildman–Crippen MR) is 71.0 cm³/mol. The van der Waals surface area contributed by atoms with Crippen molar-refractivity contribution in [2.75, 3.05) is 0 Å². The van der Waals surface area contributed by atoms with Gasteiger partial charge in [0.2, 0.25) is 0 Å². The molecule has 0 saturated carbocycles. The Morgan fingerprint density at radius 3 is 2.56 bits per heavy atom. The van der Waals surface area contributed by atoms with Crippen LogP contribution in [-0.4, -0.2) is 24.9 Å². The second kappa shape index (κ2) is 5.45. The van der Waals surface area contributed by atoms with E-state index in [1.54, 1.807) is 6.92 Å². The smallest absolute Gasteiger partial charge is 0.288 e. The summed E-state index contributed by atoms with van der Waals surface area (Å²) in [5.74, 6) is 0. The van der Waals surface area contributed by atoms with E-state index in [-0.39, 0.29) is 5.69 Å². The highest BCUT2D eigenvalue weighted by molar-refractivity contribution is 7.91. The van der Waals surface area contributed by atoms with Gasteiger partial charge in [-0.2, -0.15) is 0 Å². The Labute approximate surface area is 109 Å². The van der Waals surface area contributed by atoms with Crippen molar-refractivity contribution in [3.05, 3.63) is 34.1 Å². The topological polar surface area (TPSA) is 91.5 Å². The fraction of sp³-hybridized carbons (Fsp3) is 0.455. The number of nitrogens with zero attached hydrogens (tertiary/aromatic N) is 3. The molecule has 1 aromatic rings. The van der Waals surface area contributed by atoms with Crippen molar-refractivity contribution in [1.82, 2.24) is 4.98 Å². The molecule has 0 N–H and O–H groups in total. The van der Waals surface area contributed by atoms with Crippen molar-refractivity contribution in [2.45, 2.75) is 32.4 Å². The van der Waals surface area contributed by atoms with Gasteiger partial charge in [-0.05, 0) is 27.7 Å². The summed E-state index contributed by atoms with van der Waals surface area (Å²) in [5.41, 5.74) is 0.866. The molecule has 18 heavy (non-hydrogen) atoms. The van der Waals surface area contributed by atoms with Crippen molar-refractivity contribution in [3.63, 3.8) is 0 Å². The number of hydrogen-bond donors (Lipinski definition) is 0. The van der Waals surface area contributed by atoms with Crippen LogP contribution in [0.2, 0.25) is 0 Å². The van der Waals surface area contributed by atoms with E-state index >= 15 is 0 Å². The average Bonchev–Trinajstić information content (AvgIpc) is 2.27. The van der Waals surface area contributed by atoms with E-state index in [1.807, 2.05) is 20.8 Å². The normalized spacial score (nSPS) is 14.4. The van der Waals surface area contributed by atoms with Crippen LogP contribution in [0.25, 0.3) is 0 Å². The highest BCUT2D eigenvalue weighted by Gasteiger charge is 2.27. The van der Waals surface area contributed by atoms with E-state index in [4.69, 9.17) is 0 Å². The molecule has 0 amide bonds. The van der Waals surface area contributed by atoms with E-state index in [0.717, 1.165) is 6.20 Å². The van der Waals surface area contributed by atoms with E-state index in [9.17, 15) is 14.7 Å². The molecule has 0 fully saturated rings. The Balaban J connectivity index is 3.04. The summed E-state index contributed by atoms with van der Waals surface area (Å²) in [7, 11) is 0. The van der Waals surface area contributed by atoms with E-state index < -0.39 is 21.0 Å². The first-order valence-electron chi connectivity index (χ1n) is 5.29. The lowest BCUT2D eigenvalue weighted by Gasteiger charge is -2.18. The van der Waals surface area contributed by atoms with Gasteiger partial charge in [0.25, 0.3) is 5.69 Å². The molecule has 1 rings (SSSR count). The van der Waals surface area contributed by atoms with Gasteiger partial charge in [-0.25, -0.2) is 0 Å². The van der Waals surface area contributed by atoms with Crippen LogP contribution in [0.4, 0.5) is 5.69 Å². The summed E-state index contributed by atoms with van der Waals surface area (Å²) >= 11 is -1.39. The van der Waals surface area contributed by atoms with Gasteiger partial charge in [-0.15, -0.1) is 0 Å². The minimum absolute atomic E-state index is 0.108. The predicted octanol–water partition coefficient (Wildman–Crippen LogP) is 2.26. The van der Waals surface area contributed by atoms with Crippen LogP contribution < -0.4 is 0 Å². The van der Waals surface area contributed by atoms with Gasteiger partial charge in [0.15, 0.2) is 0 Å². The zero-order valence-electron chi connectivity index (χ0n) is 10.7. The molecule has 0 aliphatic carbocycles. The van der Waals surface area contributed by atoms with Crippen LogP contribution >= 0.6 is 0 Å². The molecular weight excluding hydrogens is 254 g/mol. The maximum atomic E-state index is 11.8. The van der Waals surface area contributed by atoms with Crippen LogP contribution in [0.1, 0.15) is 33.3 Å². The third-order valence-corrected chi connectivity index (χ3v) is 3.58. The Hall–Kier alpha value is -1.47. The van der Waals surface area contributed by atoms with Crippen LogP contribution in [-0.2, 0) is 11.4 Å². The quantitative estimate of drug-likeness (QED) is 0.364. The van der Waals surface area contributed by atoms with Crippen LogP contribution in [0.3, 0.4) is 0 Å². The SMILES string of the molecule is C/C(=N\[S+]([O-])C(C)(C)C)c1cncc([N+](=O)[O-])c1. The summed E-state index contributed by atoms with van der Waals surface area (Å²) in [6, 6.07) is 1.37. The van der Waals surface area contributed by atoms with Gasteiger partial charge in [0, 0.05) is 17.8 Å². The molecule has 0 aliphatic rings. The molecule has 1 heterocycles. The standard InChI is InChI=1S/C11H15N3O3S/c1-8(13-18(17)11(2,3)4)9-5-10(14(15)16)7-12-6-9/h5-7H,1-4H3/b13-8+. The highest BCUT2D eigenvalue weighted by Crippen LogP contribution is 2.19. The van der Waals surface area contributed by atoms with Gasteiger partial charge >= 0.3 is 0 Å². The molecule has 7 heteroatoms. The maximum absolute atomic E-state index is 11.8. The van der Waals surface area contributed by atoms with E-state index in [2.05, 4.69) is 9.38 Å². The summed E-state index contributed by atoms with van der Waals surface area (Å²) in [5, 5.41) is 10.6.